The third-order valence-electron chi connectivity index (χ3n) is 4.95. The number of piperazine rings is 1. The average molecular weight is 410 g/mol. The number of hydrogen-bond acceptors (Lipinski definition) is 5. The Morgan fingerprint density at radius 2 is 1.64 bits per heavy atom. The van der Waals surface area contributed by atoms with Crippen molar-refractivity contribution in [3.05, 3.63) is 29.8 Å². The highest BCUT2D eigenvalue weighted by Gasteiger charge is 2.29. The van der Waals surface area contributed by atoms with Crippen LogP contribution in [0.4, 0.5) is 0 Å². The quantitative estimate of drug-likeness (QED) is 0.471. The van der Waals surface area contributed by atoms with Gasteiger partial charge in [-0.1, -0.05) is 38.3 Å². The molecule has 0 bridgehead atoms. The van der Waals surface area contributed by atoms with E-state index in [-0.39, 0.29) is 16.6 Å². The first kappa shape index (κ1) is 22.5. The number of benzene rings is 1. The van der Waals surface area contributed by atoms with Crippen LogP contribution < -0.4 is 5.32 Å². The topological polar surface area (TPSA) is 86.8 Å². The number of amides is 1. The van der Waals surface area contributed by atoms with Gasteiger partial charge in [0.25, 0.3) is 0 Å². The van der Waals surface area contributed by atoms with E-state index in [1.54, 1.807) is 0 Å². The van der Waals surface area contributed by atoms with Crippen LogP contribution in [0, 0.1) is 0 Å². The molecule has 0 spiro atoms. The lowest BCUT2D eigenvalue weighted by molar-refractivity contribution is -0.122. The second kappa shape index (κ2) is 10.7. The molecular weight excluding hydrogens is 378 g/mol. The van der Waals surface area contributed by atoms with Crippen LogP contribution >= 0.6 is 0 Å². The molecule has 1 aliphatic rings. The fourth-order valence-electron chi connectivity index (χ4n) is 3.18. The maximum Gasteiger partial charge on any atom is 0.243 e. The Bertz CT molecular complexity index is 754. The van der Waals surface area contributed by atoms with E-state index in [9.17, 15) is 18.0 Å². The molecule has 28 heavy (non-hydrogen) atoms. The summed E-state index contributed by atoms with van der Waals surface area (Å²) in [4.78, 5) is 25.5. The number of carbonyl (C=O) groups is 2. The summed E-state index contributed by atoms with van der Waals surface area (Å²) in [5.41, 5.74) is 0.490. The molecule has 7 nitrogen and oxygen atoms in total. The lowest BCUT2D eigenvalue weighted by atomic mass is 10.2. The first-order valence-electron chi connectivity index (χ1n) is 9.94. The zero-order chi connectivity index (χ0) is 20.6. The molecule has 1 aliphatic heterocycles. The molecule has 0 aliphatic carbocycles. The lowest BCUT2D eigenvalue weighted by Crippen LogP contribution is -2.51. The molecule has 1 saturated heterocycles. The Kier molecular flexibility index (Phi) is 8.59. The zero-order valence-corrected chi connectivity index (χ0v) is 17.6. The zero-order valence-electron chi connectivity index (χ0n) is 16.8. The Hall–Kier alpha value is -1.77. The minimum absolute atomic E-state index is 0.00683. The predicted molar refractivity (Wildman–Crippen MR) is 109 cm³/mol. The summed E-state index contributed by atoms with van der Waals surface area (Å²) in [5, 5.41) is 2.93. The smallest absolute Gasteiger partial charge is 0.243 e. The van der Waals surface area contributed by atoms with Gasteiger partial charge in [-0.15, -0.1) is 0 Å². The molecule has 1 fully saturated rings. The fraction of sp³-hybridized carbons (Fsp3) is 0.600. The largest absolute Gasteiger partial charge is 0.355 e. The van der Waals surface area contributed by atoms with Crippen molar-refractivity contribution in [1.82, 2.24) is 14.5 Å². The molecule has 156 valence electrons. The number of hydrogen-bond donors (Lipinski definition) is 1. The second-order valence-electron chi connectivity index (χ2n) is 7.17. The van der Waals surface area contributed by atoms with Gasteiger partial charge in [0.1, 0.15) is 0 Å². The van der Waals surface area contributed by atoms with Crippen molar-refractivity contribution < 1.29 is 18.0 Å². The molecule has 1 aromatic rings. The molecule has 1 aromatic carbocycles. The first-order chi connectivity index (χ1) is 13.3. The maximum atomic E-state index is 12.8. The Morgan fingerprint density at radius 1 is 1.00 bits per heavy atom. The van der Waals surface area contributed by atoms with Gasteiger partial charge in [-0.2, -0.15) is 4.31 Å². The van der Waals surface area contributed by atoms with Gasteiger partial charge in [0, 0.05) is 38.3 Å². The number of nitrogens with zero attached hydrogens (tertiary/aromatic N) is 2. The number of nitrogens with one attached hydrogen (secondary N) is 1. The van der Waals surface area contributed by atoms with Crippen LogP contribution in [-0.4, -0.2) is 68.6 Å². The van der Waals surface area contributed by atoms with Crippen LogP contribution in [-0.2, 0) is 14.8 Å². The van der Waals surface area contributed by atoms with Crippen molar-refractivity contribution in [2.24, 2.45) is 0 Å². The van der Waals surface area contributed by atoms with E-state index in [0.717, 1.165) is 12.8 Å². The minimum Gasteiger partial charge on any atom is -0.355 e. The molecule has 2 rings (SSSR count). The summed E-state index contributed by atoms with van der Waals surface area (Å²) in [6, 6.07) is 6.03. The van der Waals surface area contributed by atoms with Crippen molar-refractivity contribution in [3.63, 3.8) is 0 Å². The summed E-state index contributed by atoms with van der Waals surface area (Å²) in [6.07, 6.45) is 4.47. The Morgan fingerprint density at radius 3 is 2.21 bits per heavy atom. The molecule has 0 atom stereocenters. The molecule has 0 radical (unpaired) electrons. The van der Waals surface area contributed by atoms with Crippen LogP contribution in [0.15, 0.2) is 29.2 Å². The number of Topliss-reactive ketones (excluding diaryl/α,β-unsaturated/α-hetero) is 1. The number of rotatable bonds is 10. The van der Waals surface area contributed by atoms with E-state index >= 15 is 0 Å². The third-order valence-corrected chi connectivity index (χ3v) is 6.86. The SMILES string of the molecule is CCCCCCNC(=O)CN1CCN(S(=O)(=O)c2ccc(C(C)=O)cc2)CC1. The normalized spacial score (nSPS) is 16.1. The van der Waals surface area contributed by atoms with Crippen molar-refractivity contribution >= 4 is 21.7 Å². The van der Waals surface area contributed by atoms with Crippen LogP contribution in [0.25, 0.3) is 0 Å². The lowest BCUT2D eigenvalue weighted by Gasteiger charge is -2.33. The van der Waals surface area contributed by atoms with Crippen molar-refractivity contribution in [3.8, 4) is 0 Å². The fourth-order valence-corrected chi connectivity index (χ4v) is 4.60. The van der Waals surface area contributed by atoms with Gasteiger partial charge in [0.2, 0.25) is 15.9 Å². The van der Waals surface area contributed by atoms with E-state index in [1.165, 1.54) is 48.3 Å². The molecule has 0 unspecified atom stereocenters. The van der Waals surface area contributed by atoms with Gasteiger partial charge in [-0.05, 0) is 25.5 Å². The van der Waals surface area contributed by atoms with Crippen molar-refractivity contribution in [2.75, 3.05) is 39.3 Å². The molecule has 1 heterocycles. The van der Waals surface area contributed by atoms with E-state index in [4.69, 9.17) is 0 Å². The van der Waals surface area contributed by atoms with Gasteiger partial charge in [-0.25, -0.2) is 8.42 Å². The molecule has 0 aromatic heterocycles. The number of sulfonamides is 1. The molecular formula is C20H31N3O4S. The highest BCUT2D eigenvalue weighted by molar-refractivity contribution is 7.89. The average Bonchev–Trinajstić information content (AvgIpc) is 2.68. The van der Waals surface area contributed by atoms with E-state index < -0.39 is 10.0 Å². The third kappa shape index (κ3) is 6.39. The van der Waals surface area contributed by atoms with E-state index in [2.05, 4.69) is 12.2 Å². The van der Waals surface area contributed by atoms with E-state index in [0.29, 0.717) is 44.8 Å². The number of ketones is 1. The molecule has 1 N–H and O–H groups in total. The predicted octanol–water partition coefficient (Wildman–Crippen LogP) is 1.89. The minimum atomic E-state index is -3.58. The highest BCUT2D eigenvalue weighted by Crippen LogP contribution is 2.18. The van der Waals surface area contributed by atoms with Gasteiger partial charge >= 0.3 is 0 Å². The van der Waals surface area contributed by atoms with Crippen molar-refractivity contribution in [1.29, 1.82) is 0 Å². The monoisotopic (exact) mass is 409 g/mol. The number of unbranched alkanes of at least 4 members (excludes halogenated alkanes) is 3. The summed E-state index contributed by atoms with van der Waals surface area (Å²) in [7, 11) is -3.58. The first-order valence-corrected chi connectivity index (χ1v) is 11.4. The highest BCUT2D eigenvalue weighted by atomic mass is 32.2. The van der Waals surface area contributed by atoms with E-state index in [1.807, 2.05) is 4.90 Å². The standard InChI is InChI=1S/C20H31N3O4S/c1-3-4-5-6-11-21-20(25)16-22-12-14-23(15-13-22)28(26,27)19-9-7-18(8-10-19)17(2)24/h7-10H,3-6,11-16H2,1-2H3,(H,21,25). The van der Waals surface area contributed by atoms with Gasteiger partial charge in [-0.3, -0.25) is 14.5 Å². The number of carbonyl (C=O) groups excluding carboxylic acids is 2. The van der Waals surface area contributed by atoms with Crippen LogP contribution in [0.3, 0.4) is 0 Å². The van der Waals surface area contributed by atoms with Gasteiger partial charge < -0.3 is 5.32 Å². The Labute approximate surface area is 168 Å². The molecule has 1 amide bonds. The van der Waals surface area contributed by atoms with Crippen LogP contribution in [0.5, 0.6) is 0 Å². The van der Waals surface area contributed by atoms with Gasteiger partial charge in [0.05, 0.1) is 11.4 Å². The van der Waals surface area contributed by atoms with Crippen LogP contribution in [0.2, 0.25) is 0 Å². The maximum absolute atomic E-state index is 12.8. The summed E-state index contributed by atoms with van der Waals surface area (Å²) >= 11 is 0. The second-order valence-corrected chi connectivity index (χ2v) is 9.11. The van der Waals surface area contributed by atoms with Crippen LogP contribution in [0.1, 0.15) is 49.9 Å². The Balaban J connectivity index is 1.80. The van der Waals surface area contributed by atoms with Gasteiger partial charge in [0.15, 0.2) is 5.78 Å². The molecule has 0 saturated carbocycles. The summed E-state index contributed by atoms with van der Waals surface area (Å²) in [5.74, 6) is -0.103. The summed E-state index contributed by atoms with van der Waals surface area (Å²) < 4.78 is 27.0. The van der Waals surface area contributed by atoms with Crippen molar-refractivity contribution in [2.45, 2.75) is 44.4 Å². The molecule has 8 heteroatoms. The summed E-state index contributed by atoms with van der Waals surface area (Å²) in [6.45, 7) is 6.34.